The molecular weight excluding hydrogens is 1000 g/mol. The lowest BCUT2D eigenvalue weighted by Crippen LogP contribution is -2.65. The molecule has 3 saturated carbocycles. The molecule has 6 rings (SSSR count). The van der Waals surface area contributed by atoms with E-state index >= 15 is 0 Å². The van der Waals surface area contributed by atoms with Gasteiger partial charge in [-0.25, -0.2) is 9.59 Å². The van der Waals surface area contributed by atoms with Gasteiger partial charge in [-0.3, -0.25) is 28.8 Å². The molecule has 17 heteroatoms. The largest absolute Gasteiger partial charge is 0.461 e. The van der Waals surface area contributed by atoms with E-state index in [2.05, 4.69) is 68.0 Å². The summed E-state index contributed by atoms with van der Waals surface area (Å²) in [5, 5.41) is 10.9. The standard InChI is InChI=1S/C62H93BN4O12/c1-15-17-19-21-47(51(70)33-39(4)63-78-53-36-46-35-52(61(46,12)13)62(53,14)79-63)66-55(72)38(3)32-50(69)48(30-31-54(71)65-40(5)57(74)76-59(6,7)8)67-56(73)45(37-64-58(75)77-60(9,10)11)34-49(68)44-28-26-43(27-29-44)42-24-22-41(23-25-42)20-18-16-2/h22-29,38-40,45-48,52-53H,15-21,30-37H2,1-14H3,(H,64,75)(H,65,71)(H,66,72)(H,67,73)/t38-,39-,40-,45+,46+,47+,48+,52+,53-,62+/m1/s1. The maximum atomic E-state index is 14.5. The van der Waals surface area contributed by atoms with Crippen LogP contribution in [-0.2, 0) is 54.0 Å². The lowest BCUT2D eigenvalue weighted by Gasteiger charge is -2.64. The van der Waals surface area contributed by atoms with Crippen LogP contribution in [0.2, 0.25) is 5.82 Å². The molecule has 0 unspecified atom stereocenters. The molecule has 1 saturated heterocycles. The predicted octanol–water partition coefficient (Wildman–Crippen LogP) is 10.3. The Bertz CT molecular complexity index is 2450. The SMILES string of the molecule is CCCCC[C@H](NC(=O)[C@H](C)CC(=O)[C@H](CCC(=O)N[C@H](C)C(=O)OC(C)(C)C)NC(=O)[C@H](CNC(=O)OC(C)(C)C)CC(=O)c1ccc(-c2ccc(CCCC)cc2)cc1)C(=O)C[C@@H](C)B1O[C@@H]2C[C@@H]3C[C@@H](C3(C)C)[C@]2(C)O1. The third-order valence-electron chi connectivity index (χ3n) is 16.2. The van der Waals surface area contributed by atoms with Crippen LogP contribution in [0, 0.1) is 29.1 Å². The highest BCUT2D eigenvalue weighted by Crippen LogP contribution is 2.66. The molecule has 4 aliphatic rings. The molecule has 1 heterocycles. The molecule has 10 atom stereocenters. The predicted molar refractivity (Wildman–Crippen MR) is 306 cm³/mol. The van der Waals surface area contributed by atoms with Crippen LogP contribution in [0.5, 0.6) is 0 Å². The van der Waals surface area contributed by atoms with Gasteiger partial charge in [-0.05, 0) is 134 Å². The number of esters is 1. The van der Waals surface area contributed by atoms with E-state index in [4.69, 9.17) is 18.8 Å². The van der Waals surface area contributed by atoms with Crippen LogP contribution < -0.4 is 21.3 Å². The van der Waals surface area contributed by atoms with E-state index in [9.17, 15) is 38.4 Å². The zero-order valence-corrected chi connectivity index (χ0v) is 49.9. The van der Waals surface area contributed by atoms with E-state index in [0.717, 1.165) is 56.1 Å². The van der Waals surface area contributed by atoms with Crippen LogP contribution in [0.4, 0.5) is 4.79 Å². The third-order valence-corrected chi connectivity index (χ3v) is 16.2. The van der Waals surface area contributed by atoms with Gasteiger partial charge in [0.15, 0.2) is 17.3 Å². The fourth-order valence-corrected chi connectivity index (χ4v) is 11.3. The van der Waals surface area contributed by atoms with Crippen molar-refractivity contribution >= 4 is 54.3 Å². The number of ketones is 3. The number of hydrogen-bond acceptors (Lipinski definition) is 12. The minimum atomic E-state index is -1.35. The molecular formula is C62H93BN4O12. The van der Waals surface area contributed by atoms with Gasteiger partial charge in [0.2, 0.25) is 17.7 Å². The number of Topliss-reactive ketones (excluding diaryl/α,β-unsaturated/α-hetero) is 3. The number of nitrogens with one attached hydrogen (secondary N) is 4. The summed E-state index contributed by atoms with van der Waals surface area (Å²) in [7, 11) is -0.562. The van der Waals surface area contributed by atoms with Crippen molar-refractivity contribution in [1.29, 1.82) is 0 Å². The second-order valence-electron chi connectivity index (χ2n) is 25.6. The molecule has 4 amide bonds. The molecule has 1 aliphatic heterocycles. The highest BCUT2D eigenvalue weighted by molar-refractivity contribution is 6.47. The normalized spacial score (nSPS) is 21.6. The molecule has 0 radical (unpaired) electrons. The summed E-state index contributed by atoms with van der Waals surface area (Å²) >= 11 is 0. The van der Waals surface area contributed by atoms with E-state index in [1.165, 1.54) is 12.5 Å². The lowest BCUT2D eigenvalue weighted by molar-refractivity contribution is -0.199. The van der Waals surface area contributed by atoms with Crippen LogP contribution in [0.3, 0.4) is 0 Å². The number of amides is 4. The van der Waals surface area contributed by atoms with Crippen molar-refractivity contribution in [2.75, 3.05) is 6.54 Å². The molecule has 3 aliphatic carbocycles. The van der Waals surface area contributed by atoms with Crippen molar-refractivity contribution in [3.05, 3.63) is 59.7 Å². The Labute approximate surface area is 471 Å². The average molecular weight is 1100 g/mol. The van der Waals surface area contributed by atoms with Gasteiger partial charge >= 0.3 is 19.2 Å². The van der Waals surface area contributed by atoms with Gasteiger partial charge in [0, 0.05) is 43.7 Å². The Morgan fingerprint density at radius 1 is 0.696 bits per heavy atom. The summed E-state index contributed by atoms with van der Waals surface area (Å²) in [6.45, 7) is 25.7. The number of ether oxygens (including phenoxy) is 2. The molecule has 2 aromatic rings. The van der Waals surface area contributed by atoms with E-state index in [0.29, 0.717) is 30.2 Å². The van der Waals surface area contributed by atoms with Gasteiger partial charge in [-0.1, -0.05) is 116 Å². The van der Waals surface area contributed by atoms with E-state index < -0.39 is 95.2 Å². The van der Waals surface area contributed by atoms with Gasteiger partial charge in [-0.2, -0.15) is 0 Å². The van der Waals surface area contributed by atoms with Crippen molar-refractivity contribution in [3.8, 4) is 11.1 Å². The van der Waals surface area contributed by atoms with Crippen LogP contribution in [0.15, 0.2) is 48.5 Å². The summed E-state index contributed by atoms with van der Waals surface area (Å²) in [5.41, 5.74) is 1.51. The van der Waals surface area contributed by atoms with Gasteiger partial charge in [0.25, 0.3) is 0 Å². The lowest BCUT2D eigenvalue weighted by atomic mass is 9.43. The van der Waals surface area contributed by atoms with E-state index in [1.807, 2.05) is 31.2 Å². The number of aryl methyl sites for hydroxylation is 1. The average Bonchev–Trinajstić information content (AvgIpc) is 4.05. The molecule has 0 aromatic heterocycles. The second-order valence-corrected chi connectivity index (χ2v) is 25.6. The Kier molecular flexibility index (Phi) is 22.7. The summed E-state index contributed by atoms with van der Waals surface area (Å²) in [6.07, 6.45) is 6.01. The Balaban J connectivity index is 1.31. The fraction of sp³-hybridized carbons (Fsp3) is 0.677. The molecule has 0 spiro atoms. The van der Waals surface area contributed by atoms with E-state index in [1.54, 1.807) is 60.6 Å². The number of hydrogen-bond donors (Lipinski definition) is 4. The molecule has 4 fully saturated rings. The van der Waals surface area contributed by atoms with Gasteiger partial charge in [0.1, 0.15) is 17.2 Å². The maximum Gasteiger partial charge on any atom is 0.461 e. The van der Waals surface area contributed by atoms with Crippen LogP contribution in [0.25, 0.3) is 11.1 Å². The minimum Gasteiger partial charge on any atom is -0.458 e. The smallest absolute Gasteiger partial charge is 0.458 e. The molecule has 2 bridgehead atoms. The quantitative estimate of drug-likeness (QED) is 0.0259. The molecule has 436 valence electrons. The highest BCUT2D eigenvalue weighted by atomic mass is 16.7. The zero-order valence-electron chi connectivity index (χ0n) is 49.9. The van der Waals surface area contributed by atoms with Crippen molar-refractivity contribution in [2.24, 2.45) is 29.1 Å². The summed E-state index contributed by atoms with van der Waals surface area (Å²) < 4.78 is 24.0. The number of carbonyl (C=O) groups excluding carboxylic acids is 8. The first-order valence-electron chi connectivity index (χ1n) is 29.2. The van der Waals surface area contributed by atoms with Crippen molar-refractivity contribution in [3.63, 3.8) is 0 Å². The first-order valence-corrected chi connectivity index (χ1v) is 29.2. The van der Waals surface area contributed by atoms with Gasteiger partial charge < -0.3 is 40.0 Å². The number of carbonyl (C=O) groups is 8. The Morgan fingerprint density at radius 3 is 1.87 bits per heavy atom. The van der Waals surface area contributed by atoms with Gasteiger partial charge in [-0.15, -0.1) is 0 Å². The summed E-state index contributed by atoms with van der Waals surface area (Å²) in [6, 6.07) is 12.1. The maximum absolute atomic E-state index is 14.5. The van der Waals surface area contributed by atoms with Crippen LogP contribution >= 0.6 is 0 Å². The second kappa shape index (κ2) is 27.8. The molecule has 2 aromatic carbocycles. The van der Waals surface area contributed by atoms with Crippen LogP contribution in [-0.4, -0.2) is 102 Å². The topological polar surface area (TPSA) is 222 Å². The Morgan fingerprint density at radius 2 is 1.28 bits per heavy atom. The summed E-state index contributed by atoms with van der Waals surface area (Å²) in [4.78, 5) is 110. The Hall–Kier alpha value is -5.42. The van der Waals surface area contributed by atoms with Crippen LogP contribution in [0.1, 0.15) is 196 Å². The fourth-order valence-electron chi connectivity index (χ4n) is 11.3. The molecule has 79 heavy (non-hydrogen) atoms. The zero-order chi connectivity index (χ0) is 58.6. The number of alkyl carbamates (subject to hydrolysis) is 1. The van der Waals surface area contributed by atoms with Crippen molar-refractivity contribution < 1.29 is 57.1 Å². The molecule has 4 N–H and O–H groups in total. The summed E-state index contributed by atoms with van der Waals surface area (Å²) in [5.74, 6) is -5.22. The number of rotatable bonds is 29. The third kappa shape index (κ3) is 18.3. The minimum absolute atomic E-state index is 0.0381. The monoisotopic (exact) mass is 1100 g/mol. The van der Waals surface area contributed by atoms with Crippen molar-refractivity contribution in [1.82, 2.24) is 21.3 Å². The van der Waals surface area contributed by atoms with E-state index in [-0.39, 0.29) is 61.8 Å². The highest BCUT2D eigenvalue weighted by Gasteiger charge is 2.68. The number of benzene rings is 2. The first kappa shape index (κ1) is 64.4. The number of unbranched alkanes of at least 4 members (excludes halogenated alkanes) is 3. The molecule has 16 nitrogen and oxygen atoms in total. The van der Waals surface area contributed by atoms with Gasteiger partial charge in [0.05, 0.1) is 29.7 Å². The first-order chi connectivity index (χ1) is 36.9. The van der Waals surface area contributed by atoms with Crippen molar-refractivity contribution in [2.45, 2.75) is 234 Å².